The fraction of sp³-hybridized carbons (Fsp3) is 0.929. The van der Waals surface area contributed by atoms with E-state index in [1.54, 1.807) is 0 Å². The molecule has 0 aromatic rings. The minimum absolute atomic E-state index is 0.324. The van der Waals surface area contributed by atoms with Gasteiger partial charge in [0.15, 0.2) is 5.78 Å². The third-order valence-corrected chi connectivity index (χ3v) is 4.26. The molecule has 0 aromatic carbocycles. The zero-order valence-electron chi connectivity index (χ0n) is 10.5. The highest BCUT2D eigenvalue weighted by atomic mass is 16.5. The summed E-state index contributed by atoms with van der Waals surface area (Å²) in [5.41, 5.74) is -0.393. The molecule has 0 aliphatic heterocycles. The van der Waals surface area contributed by atoms with Crippen LogP contribution in [0.4, 0.5) is 0 Å². The third kappa shape index (κ3) is 2.32. The Morgan fingerprint density at radius 2 is 1.75 bits per heavy atom. The van der Waals surface area contributed by atoms with Gasteiger partial charge in [-0.25, -0.2) is 0 Å². The van der Waals surface area contributed by atoms with Crippen molar-refractivity contribution in [3.63, 3.8) is 0 Å². The van der Waals surface area contributed by atoms with Crippen LogP contribution >= 0.6 is 0 Å². The number of carbonyl (C=O) groups excluding carboxylic acids is 1. The lowest BCUT2D eigenvalue weighted by Gasteiger charge is -2.37. The van der Waals surface area contributed by atoms with Crippen molar-refractivity contribution in [2.24, 2.45) is 5.92 Å². The summed E-state index contributed by atoms with van der Waals surface area (Å²) in [5, 5.41) is 0. The highest BCUT2D eigenvalue weighted by Crippen LogP contribution is 2.38. The van der Waals surface area contributed by atoms with E-state index in [0.29, 0.717) is 18.3 Å². The van der Waals surface area contributed by atoms with Gasteiger partial charge in [0.1, 0.15) is 5.60 Å². The van der Waals surface area contributed by atoms with Gasteiger partial charge in [-0.1, -0.05) is 32.1 Å². The van der Waals surface area contributed by atoms with Gasteiger partial charge in [-0.05, 0) is 32.6 Å². The Bertz CT molecular complexity index is 235. The van der Waals surface area contributed by atoms with Gasteiger partial charge in [-0.15, -0.1) is 0 Å². The predicted octanol–water partition coefficient (Wildman–Crippen LogP) is 3.49. The first-order chi connectivity index (χ1) is 7.78. The molecule has 0 radical (unpaired) electrons. The molecule has 2 heteroatoms. The molecule has 0 heterocycles. The van der Waals surface area contributed by atoms with E-state index < -0.39 is 5.60 Å². The number of rotatable bonds is 4. The molecule has 0 amide bonds. The summed E-state index contributed by atoms with van der Waals surface area (Å²) in [4.78, 5) is 12.5. The number of ketones is 1. The zero-order chi connectivity index (χ0) is 11.4. The van der Waals surface area contributed by atoms with E-state index in [0.717, 1.165) is 25.7 Å². The van der Waals surface area contributed by atoms with Gasteiger partial charge in [-0.3, -0.25) is 4.79 Å². The predicted molar refractivity (Wildman–Crippen MR) is 64.4 cm³/mol. The fourth-order valence-electron chi connectivity index (χ4n) is 3.08. The monoisotopic (exact) mass is 224 g/mol. The lowest BCUT2D eigenvalue weighted by atomic mass is 9.73. The molecule has 0 aromatic heterocycles. The Hall–Kier alpha value is -0.370. The molecule has 2 aliphatic rings. The van der Waals surface area contributed by atoms with Gasteiger partial charge in [0.05, 0.1) is 0 Å². The average molecular weight is 224 g/mol. The molecule has 2 rings (SSSR count). The lowest BCUT2D eigenvalue weighted by Crippen LogP contribution is -2.46. The highest BCUT2D eigenvalue weighted by Gasteiger charge is 2.44. The second-order valence-corrected chi connectivity index (χ2v) is 5.33. The van der Waals surface area contributed by atoms with Crippen molar-refractivity contribution in [1.82, 2.24) is 0 Å². The van der Waals surface area contributed by atoms with Crippen LogP contribution in [0.15, 0.2) is 0 Å². The molecule has 0 saturated heterocycles. The normalized spacial score (nSPS) is 25.8. The van der Waals surface area contributed by atoms with Crippen LogP contribution in [0.3, 0.4) is 0 Å². The minimum Gasteiger partial charge on any atom is -0.367 e. The Morgan fingerprint density at radius 3 is 2.19 bits per heavy atom. The minimum atomic E-state index is -0.393. The van der Waals surface area contributed by atoms with E-state index in [9.17, 15) is 4.79 Å². The maximum absolute atomic E-state index is 12.5. The average Bonchev–Trinajstić information content (AvgIpc) is 2.42. The molecular formula is C14H24O2. The van der Waals surface area contributed by atoms with Gasteiger partial charge in [-0.2, -0.15) is 0 Å². The molecule has 0 N–H and O–H groups in total. The van der Waals surface area contributed by atoms with E-state index in [1.165, 1.54) is 32.1 Å². The molecule has 0 bridgehead atoms. The second-order valence-electron chi connectivity index (χ2n) is 5.33. The number of ether oxygens (including phenoxy) is 1. The first kappa shape index (κ1) is 12.1. The summed E-state index contributed by atoms with van der Waals surface area (Å²) in [7, 11) is 0. The van der Waals surface area contributed by atoms with Crippen LogP contribution in [0.5, 0.6) is 0 Å². The quantitative estimate of drug-likeness (QED) is 0.683. The Kier molecular flexibility index (Phi) is 4.01. The number of carbonyl (C=O) groups is 1. The van der Waals surface area contributed by atoms with Gasteiger partial charge < -0.3 is 4.74 Å². The van der Waals surface area contributed by atoms with Crippen molar-refractivity contribution in [1.29, 1.82) is 0 Å². The van der Waals surface area contributed by atoms with Gasteiger partial charge in [0.25, 0.3) is 0 Å². The molecule has 2 aliphatic carbocycles. The van der Waals surface area contributed by atoms with Crippen LogP contribution < -0.4 is 0 Å². The van der Waals surface area contributed by atoms with Crippen LogP contribution in [-0.4, -0.2) is 18.0 Å². The van der Waals surface area contributed by atoms with Crippen LogP contribution in [0, 0.1) is 5.92 Å². The van der Waals surface area contributed by atoms with Crippen molar-refractivity contribution in [3.05, 3.63) is 0 Å². The second kappa shape index (κ2) is 5.31. The Balaban J connectivity index is 2.08. The largest absolute Gasteiger partial charge is 0.367 e. The molecular weight excluding hydrogens is 200 g/mol. The topological polar surface area (TPSA) is 26.3 Å². The molecule has 2 fully saturated rings. The summed E-state index contributed by atoms with van der Waals surface area (Å²) < 4.78 is 5.92. The van der Waals surface area contributed by atoms with Crippen molar-refractivity contribution >= 4 is 5.78 Å². The van der Waals surface area contributed by atoms with Crippen LogP contribution in [0.25, 0.3) is 0 Å². The van der Waals surface area contributed by atoms with Crippen molar-refractivity contribution in [2.45, 2.75) is 70.3 Å². The van der Waals surface area contributed by atoms with Gasteiger partial charge in [0.2, 0.25) is 0 Å². The third-order valence-electron chi connectivity index (χ3n) is 4.26. The molecule has 2 nitrogen and oxygen atoms in total. The maximum atomic E-state index is 12.5. The first-order valence-electron chi connectivity index (χ1n) is 6.97. The molecule has 16 heavy (non-hydrogen) atoms. The summed E-state index contributed by atoms with van der Waals surface area (Å²) in [6.45, 7) is 2.69. The molecule has 92 valence electrons. The standard InChI is InChI=1S/C14H24O2/c1-2-16-14(10-5-3-4-6-11-14)13(15)12-8-7-9-12/h12H,2-11H2,1H3. The van der Waals surface area contributed by atoms with Crippen LogP contribution in [0.1, 0.15) is 64.7 Å². The summed E-state index contributed by atoms with van der Waals surface area (Å²) in [6.07, 6.45) is 10.3. The number of hydrogen-bond donors (Lipinski definition) is 0. The van der Waals surface area contributed by atoms with Crippen LogP contribution in [-0.2, 0) is 9.53 Å². The molecule has 0 spiro atoms. The van der Waals surface area contributed by atoms with Crippen molar-refractivity contribution in [3.8, 4) is 0 Å². The van der Waals surface area contributed by atoms with Crippen molar-refractivity contribution in [2.75, 3.05) is 6.61 Å². The lowest BCUT2D eigenvalue weighted by molar-refractivity contribution is -0.153. The van der Waals surface area contributed by atoms with E-state index in [2.05, 4.69) is 0 Å². The maximum Gasteiger partial charge on any atom is 0.167 e. The number of Topliss-reactive ketones (excluding diaryl/α,β-unsaturated/α-hetero) is 1. The van der Waals surface area contributed by atoms with E-state index in [-0.39, 0.29) is 0 Å². The summed E-state index contributed by atoms with van der Waals surface area (Å²) in [6, 6.07) is 0. The van der Waals surface area contributed by atoms with Crippen molar-refractivity contribution < 1.29 is 9.53 Å². The Labute approximate surface area is 98.7 Å². The summed E-state index contributed by atoms with van der Waals surface area (Å²) in [5.74, 6) is 0.757. The van der Waals surface area contributed by atoms with Gasteiger partial charge >= 0.3 is 0 Å². The molecule has 0 atom stereocenters. The van der Waals surface area contributed by atoms with E-state index in [1.807, 2.05) is 6.92 Å². The smallest absolute Gasteiger partial charge is 0.167 e. The molecule has 2 saturated carbocycles. The Morgan fingerprint density at radius 1 is 1.12 bits per heavy atom. The van der Waals surface area contributed by atoms with E-state index in [4.69, 9.17) is 4.74 Å². The first-order valence-corrected chi connectivity index (χ1v) is 6.97. The fourth-order valence-corrected chi connectivity index (χ4v) is 3.08. The van der Waals surface area contributed by atoms with Crippen LogP contribution in [0.2, 0.25) is 0 Å². The van der Waals surface area contributed by atoms with E-state index >= 15 is 0 Å². The summed E-state index contributed by atoms with van der Waals surface area (Å²) >= 11 is 0. The highest BCUT2D eigenvalue weighted by molar-refractivity contribution is 5.90. The number of hydrogen-bond acceptors (Lipinski definition) is 2. The SMILES string of the molecule is CCOC1(C(=O)C2CCC2)CCCCCC1. The van der Waals surface area contributed by atoms with Gasteiger partial charge in [0, 0.05) is 12.5 Å². The zero-order valence-corrected chi connectivity index (χ0v) is 10.5. The molecule has 0 unspecified atom stereocenters.